The van der Waals surface area contributed by atoms with Crippen molar-refractivity contribution in [1.82, 2.24) is 10.3 Å². The largest absolute Gasteiger partial charge is 0.316 e. The Hall–Kier alpha value is -0.940. The fourth-order valence-corrected chi connectivity index (χ4v) is 3.80. The van der Waals surface area contributed by atoms with Gasteiger partial charge in [-0.1, -0.05) is 0 Å². The van der Waals surface area contributed by atoms with Gasteiger partial charge in [-0.3, -0.25) is 0 Å². The first kappa shape index (κ1) is 12.5. The first-order chi connectivity index (χ1) is 8.08. The second kappa shape index (κ2) is 5.14. The zero-order valence-corrected chi connectivity index (χ0v) is 10.8. The van der Waals surface area contributed by atoms with Gasteiger partial charge in [-0.15, -0.1) is 0 Å². The van der Waals surface area contributed by atoms with Crippen LogP contribution in [0.2, 0.25) is 0 Å². The van der Waals surface area contributed by atoms with Gasteiger partial charge in [0.05, 0.1) is 5.75 Å². The first-order valence-electron chi connectivity index (χ1n) is 5.94. The Labute approximate surface area is 102 Å². The number of rotatable bonds is 3. The van der Waals surface area contributed by atoms with Gasteiger partial charge in [0.1, 0.15) is 0 Å². The molecule has 0 saturated carbocycles. The predicted molar refractivity (Wildman–Crippen MR) is 66.6 cm³/mol. The molecule has 2 rings (SSSR count). The lowest BCUT2D eigenvalue weighted by atomic mass is 10.0. The molecule has 1 atom stereocenters. The number of hydrogen-bond donors (Lipinski definition) is 1. The van der Waals surface area contributed by atoms with Crippen LogP contribution in [0.4, 0.5) is 0 Å². The van der Waals surface area contributed by atoms with Crippen molar-refractivity contribution < 1.29 is 8.42 Å². The van der Waals surface area contributed by atoms with Gasteiger partial charge in [-0.05, 0) is 56.5 Å². The van der Waals surface area contributed by atoms with E-state index in [1.54, 1.807) is 18.3 Å². The highest BCUT2D eigenvalue weighted by molar-refractivity contribution is 7.91. The Bertz CT molecular complexity index is 479. The lowest BCUT2D eigenvalue weighted by Gasteiger charge is -2.22. The SMILES string of the molecule is Cc1ccnc(S(=O)(=O)C[C@@H]2CCCNC2)c1. The molecule has 4 nitrogen and oxygen atoms in total. The van der Waals surface area contributed by atoms with E-state index < -0.39 is 9.84 Å². The Kier molecular flexibility index (Phi) is 3.79. The molecule has 0 spiro atoms. The van der Waals surface area contributed by atoms with E-state index in [4.69, 9.17) is 0 Å². The van der Waals surface area contributed by atoms with Crippen molar-refractivity contribution in [3.05, 3.63) is 23.9 Å². The molecule has 0 aromatic carbocycles. The summed E-state index contributed by atoms with van der Waals surface area (Å²) in [6, 6.07) is 3.45. The number of nitrogens with one attached hydrogen (secondary N) is 1. The molecule has 1 aromatic heterocycles. The molecule has 1 aromatic rings. The summed E-state index contributed by atoms with van der Waals surface area (Å²) in [7, 11) is -3.23. The minimum atomic E-state index is -3.23. The van der Waals surface area contributed by atoms with Gasteiger partial charge >= 0.3 is 0 Å². The zero-order valence-electron chi connectivity index (χ0n) is 10.0. The van der Waals surface area contributed by atoms with E-state index in [0.717, 1.165) is 31.5 Å². The maximum Gasteiger partial charge on any atom is 0.195 e. The number of piperidine rings is 1. The number of aromatic nitrogens is 1. The standard InChI is InChI=1S/C12H18N2O2S/c1-10-4-6-14-12(7-10)17(15,16)9-11-3-2-5-13-8-11/h4,6-7,11,13H,2-3,5,8-9H2,1H3/t11-/m1/s1. The summed E-state index contributed by atoms with van der Waals surface area (Å²) in [4.78, 5) is 3.97. The summed E-state index contributed by atoms with van der Waals surface area (Å²) in [5, 5.41) is 3.45. The summed E-state index contributed by atoms with van der Waals surface area (Å²) in [6.45, 7) is 3.67. The van der Waals surface area contributed by atoms with E-state index >= 15 is 0 Å². The monoisotopic (exact) mass is 254 g/mol. The third-order valence-electron chi connectivity index (χ3n) is 3.06. The summed E-state index contributed by atoms with van der Waals surface area (Å²) in [6.07, 6.45) is 3.60. The van der Waals surface area contributed by atoms with Crippen LogP contribution in [0.15, 0.2) is 23.4 Å². The van der Waals surface area contributed by atoms with Crippen LogP contribution in [0.1, 0.15) is 18.4 Å². The molecule has 0 unspecified atom stereocenters. The van der Waals surface area contributed by atoms with Gasteiger partial charge in [0, 0.05) is 6.20 Å². The van der Waals surface area contributed by atoms with Gasteiger partial charge in [-0.25, -0.2) is 13.4 Å². The summed E-state index contributed by atoms with van der Waals surface area (Å²) < 4.78 is 24.3. The quantitative estimate of drug-likeness (QED) is 0.879. The van der Waals surface area contributed by atoms with Crippen molar-refractivity contribution in [2.24, 2.45) is 5.92 Å². The van der Waals surface area contributed by atoms with Gasteiger partial charge in [0.15, 0.2) is 14.9 Å². The Morgan fingerprint density at radius 3 is 3.00 bits per heavy atom. The first-order valence-corrected chi connectivity index (χ1v) is 7.59. The van der Waals surface area contributed by atoms with Gasteiger partial charge < -0.3 is 5.32 Å². The molecule has 2 heterocycles. The third-order valence-corrected chi connectivity index (χ3v) is 4.83. The van der Waals surface area contributed by atoms with Crippen LogP contribution < -0.4 is 5.32 Å². The molecular weight excluding hydrogens is 236 g/mol. The molecule has 5 heteroatoms. The van der Waals surface area contributed by atoms with Gasteiger partial charge in [-0.2, -0.15) is 0 Å². The summed E-state index contributed by atoms with van der Waals surface area (Å²) in [5.74, 6) is 0.423. The zero-order chi connectivity index (χ0) is 12.3. The smallest absolute Gasteiger partial charge is 0.195 e. The topological polar surface area (TPSA) is 59.1 Å². The Morgan fingerprint density at radius 2 is 2.35 bits per heavy atom. The van der Waals surface area contributed by atoms with E-state index in [1.807, 2.05) is 6.92 Å². The number of nitrogens with zero attached hydrogens (tertiary/aromatic N) is 1. The number of pyridine rings is 1. The number of aryl methyl sites for hydroxylation is 1. The lowest BCUT2D eigenvalue weighted by Crippen LogP contribution is -2.33. The Balaban J connectivity index is 2.13. The molecule has 17 heavy (non-hydrogen) atoms. The van der Waals surface area contributed by atoms with E-state index in [9.17, 15) is 8.42 Å². The summed E-state index contributed by atoms with van der Waals surface area (Å²) in [5.41, 5.74) is 0.931. The molecule has 0 amide bonds. The third kappa shape index (κ3) is 3.26. The van der Waals surface area contributed by atoms with Gasteiger partial charge in [0.2, 0.25) is 0 Å². The molecule has 94 valence electrons. The van der Waals surface area contributed by atoms with E-state index in [0.29, 0.717) is 0 Å². The van der Waals surface area contributed by atoms with E-state index in [-0.39, 0.29) is 16.7 Å². The molecular formula is C12H18N2O2S. The van der Waals surface area contributed by atoms with Crippen molar-refractivity contribution in [1.29, 1.82) is 0 Å². The second-order valence-corrected chi connectivity index (χ2v) is 6.65. The molecule has 0 aliphatic carbocycles. The maximum absolute atomic E-state index is 12.2. The summed E-state index contributed by atoms with van der Waals surface area (Å²) >= 11 is 0. The van der Waals surface area contributed by atoms with Crippen LogP contribution in [0.3, 0.4) is 0 Å². The van der Waals surface area contributed by atoms with Crippen LogP contribution in [0.5, 0.6) is 0 Å². The van der Waals surface area contributed by atoms with Crippen LogP contribution in [-0.2, 0) is 9.84 Å². The molecule has 0 radical (unpaired) electrons. The van der Waals surface area contributed by atoms with Crippen LogP contribution in [-0.4, -0.2) is 32.2 Å². The molecule has 1 aliphatic rings. The van der Waals surface area contributed by atoms with Crippen molar-refractivity contribution in [2.45, 2.75) is 24.8 Å². The van der Waals surface area contributed by atoms with Crippen LogP contribution >= 0.6 is 0 Å². The lowest BCUT2D eigenvalue weighted by molar-refractivity contribution is 0.403. The van der Waals surface area contributed by atoms with Crippen LogP contribution in [0, 0.1) is 12.8 Å². The molecule has 1 fully saturated rings. The van der Waals surface area contributed by atoms with Crippen molar-refractivity contribution >= 4 is 9.84 Å². The average molecular weight is 254 g/mol. The predicted octanol–water partition coefficient (Wildman–Crippen LogP) is 1.16. The number of hydrogen-bond acceptors (Lipinski definition) is 4. The highest BCUT2D eigenvalue weighted by Gasteiger charge is 2.23. The number of sulfone groups is 1. The minimum absolute atomic E-state index is 0.205. The van der Waals surface area contributed by atoms with Crippen molar-refractivity contribution in [3.63, 3.8) is 0 Å². The highest BCUT2D eigenvalue weighted by Crippen LogP contribution is 2.17. The van der Waals surface area contributed by atoms with Crippen LogP contribution in [0.25, 0.3) is 0 Å². The fourth-order valence-electron chi connectivity index (χ4n) is 2.14. The molecule has 1 N–H and O–H groups in total. The highest BCUT2D eigenvalue weighted by atomic mass is 32.2. The average Bonchev–Trinajstić information content (AvgIpc) is 2.30. The molecule has 0 bridgehead atoms. The van der Waals surface area contributed by atoms with E-state index in [1.165, 1.54) is 0 Å². The fraction of sp³-hybridized carbons (Fsp3) is 0.583. The molecule has 1 aliphatic heterocycles. The van der Waals surface area contributed by atoms with Crippen molar-refractivity contribution in [3.8, 4) is 0 Å². The second-order valence-electron chi connectivity index (χ2n) is 4.67. The normalized spacial score (nSPS) is 21.4. The molecule has 1 saturated heterocycles. The Morgan fingerprint density at radius 1 is 1.53 bits per heavy atom. The van der Waals surface area contributed by atoms with E-state index in [2.05, 4.69) is 10.3 Å². The van der Waals surface area contributed by atoms with Gasteiger partial charge in [0.25, 0.3) is 0 Å². The maximum atomic E-state index is 12.2. The minimum Gasteiger partial charge on any atom is -0.316 e. The van der Waals surface area contributed by atoms with Crippen molar-refractivity contribution in [2.75, 3.05) is 18.8 Å².